The standard InChI is InChI=1S/2C27H30N2O3/c2*1-2-19-16-22-17-20(6-8-24(22)28-27(19)30)23(10-13-29-11-4-3-5-12-29)21-7-9-25-26(18-21)32-15-14-31-25/h2*6-10,16-18H,2-5,11-15H2,1H3,(H,28,30)/b23-10+;23-10-. The van der Waals surface area contributed by atoms with Crippen molar-refractivity contribution in [1.29, 1.82) is 0 Å². The van der Waals surface area contributed by atoms with E-state index in [0.717, 1.165) is 130 Å². The Morgan fingerprint density at radius 3 is 1.27 bits per heavy atom. The van der Waals surface area contributed by atoms with Gasteiger partial charge in [-0.3, -0.25) is 19.4 Å². The zero-order valence-corrected chi connectivity index (χ0v) is 37.3. The van der Waals surface area contributed by atoms with E-state index >= 15 is 0 Å². The number of piperidine rings is 2. The molecule has 0 atom stereocenters. The molecule has 2 aromatic heterocycles. The molecule has 10 nitrogen and oxygen atoms in total. The normalized spacial score (nSPS) is 17.0. The first kappa shape index (κ1) is 43.2. The highest BCUT2D eigenvalue weighted by Gasteiger charge is 2.18. The Labute approximate surface area is 375 Å². The molecule has 6 heterocycles. The fourth-order valence-electron chi connectivity index (χ4n) is 9.32. The molecule has 10 heteroatoms. The lowest BCUT2D eigenvalue weighted by atomic mass is 9.95. The molecule has 0 saturated carbocycles. The second-order valence-corrected chi connectivity index (χ2v) is 17.2. The maximum Gasteiger partial charge on any atom is 0.251 e. The van der Waals surface area contributed by atoms with Gasteiger partial charge >= 0.3 is 0 Å². The molecule has 2 saturated heterocycles. The Balaban J connectivity index is 0.000000162. The van der Waals surface area contributed by atoms with Crippen LogP contribution < -0.4 is 30.1 Å². The number of likely N-dealkylation sites (tertiary alicyclic amines) is 2. The number of nitrogens with zero attached hydrogens (tertiary/aromatic N) is 2. The van der Waals surface area contributed by atoms with Gasteiger partial charge in [-0.15, -0.1) is 0 Å². The number of aromatic nitrogens is 2. The van der Waals surface area contributed by atoms with E-state index in [1.54, 1.807) is 0 Å². The molecule has 0 aliphatic carbocycles. The molecule has 2 fully saturated rings. The average molecular weight is 861 g/mol. The average Bonchev–Trinajstić information content (AvgIpc) is 3.34. The van der Waals surface area contributed by atoms with Crippen molar-refractivity contribution < 1.29 is 18.9 Å². The molecule has 4 aliphatic rings. The summed E-state index contributed by atoms with van der Waals surface area (Å²) < 4.78 is 23.2. The fraction of sp³-hybridized carbons (Fsp3) is 0.370. The van der Waals surface area contributed by atoms with E-state index in [4.69, 9.17) is 18.9 Å². The third-order valence-electron chi connectivity index (χ3n) is 12.9. The lowest BCUT2D eigenvalue weighted by Crippen LogP contribution is -2.29. The molecule has 332 valence electrons. The molecule has 0 bridgehead atoms. The molecule has 4 aliphatic heterocycles. The van der Waals surface area contributed by atoms with E-state index < -0.39 is 0 Å². The van der Waals surface area contributed by atoms with Crippen molar-refractivity contribution in [3.8, 4) is 23.0 Å². The quantitative estimate of drug-likeness (QED) is 0.140. The minimum absolute atomic E-state index is 0.000417. The van der Waals surface area contributed by atoms with Gasteiger partial charge in [0.1, 0.15) is 26.4 Å². The van der Waals surface area contributed by atoms with Gasteiger partial charge in [0.05, 0.1) is 0 Å². The Hall–Kier alpha value is -6.10. The summed E-state index contributed by atoms with van der Waals surface area (Å²) in [7, 11) is 0. The van der Waals surface area contributed by atoms with Gasteiger partial charge in [0, 0.05) is 35.2 Å². The predicted molar refractivity (Wildman–Crippen MR) is 257 cm³/mol. The van der Waals surface area contributed by atoms with Gasteiger partial charge in [0.15, 0.2) is 23.0 Å². The number of pyridine rings is 2. The molecule has 0 radical (unpaired) electrons. The van der Waals surface area contributed by atoms with E-state index in [-0.39, 0.29) is 11.1 Å². The van der Waals surface area contributed by atoms with Gasteiger partial charge in [-0.25, -0.2) is 0 Å². The number of ether oxygens (including phenoxy) is 4. The highest BCUT2D eigenvalue weighted by Crippen LogP contribution is 2.37. The third kappa shape index (κ3) is 9.98. The van der Waals surface area contributed by atoms with Crippen LogP contribution in [-0.2, 0) is 12.8 Å². The smallest absolute Gasteiger partial charge is 0.251 e. The Kier molecular flexibility index (Phi) is 13.6. The van der Waals surface area contributed by atoms with Crippen LogP contribution in [0.3, 0.4) is 0 Å². The minimum Gasteiger partial charge on any atom is -0.486 e. The second-order valence-electron chi connectivity index (χ2n) is 17.2. The van der Waals surface area contributed by atoms with E-state index in [9.17, 15) is 9.59 Å². The van der Waals surface area contributed by atoms with Gasteiger partial charge in [-0.1, -0.05) is 63.1 Å². The predicted octanol–water partition coefficient (Wildman–Crippen LogP) is 9.56. The first-order chi connectivity index (χ1) is 31.4. The lowest BCUT2D eigenvalue weighted by Gasteiger charge is -2.25. The SMILES string of the molecule is CCc1cc2cc(/C(=C/CN3CCCCC3)c3ccc4c(c3)OCCO4)ccc2[nH]c1=O.CCc1cc2cc(/C(=C\CN3CCCCC3)c3ccc4c(c3)OCCO4)ccc2[nH]c1=O. The summed E-state index contributed by atoms with van der Waals surface area (Å²) in [6.45, 7) is 12.8. The molecule has 6 aromatic rings. The summed E-state index contributed by atoms with van der Waals surface area (Å²) in [4.78, 5) is 35.5. The number of rotatable bonds is 10. The zero-order chi connectivity index (χ0) is 43.8. The van der Waals surface area contributed by atoms with Gasteiger partial charge in [-0.05, 0) is 170 Å². The largest absolute Gasteiger partial charge is 0.486 e. The summed E-state index contributed by atoms with van der Waals surface area (Å²) in [6.07, 6.45) is 13.9. The number of aromatic amines is 2. The van der Waals surface area contributed by atoms with Crippen molar-refractivity contribution in [2.75, 3.05) is 65.7 Å². The lowest BCUT2D eigenvalue weighted by molar-refractivity contribution is 0.171. The highest BCUT2D eigenvalue weighted by atomic mass is 16.6. The number of hydrogen-bond donors (Lipinski definition) is 2. The van der Waals surface area contributed by atoms with E-state index in [1.807, 2.05) is 50.2 Å². The van der Waals surface area contributed by atoms with Crippen molar-refractivity contribution in [3.63, 3.8) is 0 Å². The first-order valence-corrected chi connectivity index (χ1v) is 23.4. The molecule has 4 aromatic carbocycles. The summed E-state index contributed by atoms with van der Waals surface area (Å²) in [5, 5.41) is 2.11. The van der Waals surface area contributed by atoms with Crippen molar-refractivity contribution in [2.45, 2.75) is 65.2 Å². The highest BCUT2D eigenvalue weighted by molar-refractivity contribution is 5.89. The third-order valence-corrected chi connectivity index (χ3v) is 12.9. The number of benzene rings is 4. The second kappa shape index (κ2) is 20.2. The van der Waals surface area contributed by atoms with Crippen LogP contribution in [0.1, 0.15) is 85.8 Å². The van der Waals surface area contributed by atoms with Gasteiger partial charge in [0.25, 0.3) is 11.1 Å². The molecule has 10 rings (SSSR count). The van der Waals surface area contributed by atoms with Crippen molar-refractivity contribution >= 4 is 33.0 Å². The molecule has 0 spiro atoms. The Morgan fingerprint density at radius 2 is 0.859 bits per heavy atom. The molecular weight excluding hydrogens is 801 g/mol. The van der Waals surface area contributed by atoms with Crippen LogP contribution in [-0.4, -0.2) is 85.5 Å². The minimum atomic E-state index is 0.000417. The van der Waals surface area contributed by atoms with Gasteiger partial charge in [-0.2, -0.15) is 0 Å². The summed E-state index contributed by atoms with van der Waals surface area (Å²) in [6, 6.07) is 29.0. The number of hydrogen-bond acceptors (Lipinski definition) is 8. The maximum atomic E-state index is 12.2. The zero-order valence-electron chi connectivity index (χ0n) is 37.3. The van der Waals surface area contributed by atoms with Crippen LogP contribution >= 0.6 is 0 Å². The van der Waals surface area contributed by atoms with Crippen molar-refractivity contribution in [1.82, 2.24) is 19.8 Å². The van der Waals surface area contributed by atoms with E-state index in [2.05, 4.69) is 80.5 Å². The van der Waals surface area contributed by atoms with Gasteiger partial charge < -0.3 is 28.9 Å². The monoisotopic (exact) mass is 860 g/mol. The van der Waals surface area contributed by atoms with Crippen LogP contribution in [0.25, 0.3) is 33.0 Å². The molecule has 0 amide bonds. The summed E-state index contributed by atoms with van der Waals surface area (Å²) in [5.41, 5.74) is 10.2. The molecule has 0 unspecified atom stereocenters. The van der Waals surface area contributed by atoms with Crippen LogP contribution in [0.2, 0.25) is 0 Å². The first-order valence-electron chi connectivity index (χ1n) is 23.4. The number of aryl methyl sites for hydroxylation is 2. The molecular formula is C54H60N4O6. The topological polar surface area (TPSA) is 109 Å². The maximum absolute atomic E-state index is 12.2. The summed E-state index contributed by atoms with van der Waals surface area (Å²) in [5.74, 6) is 3.21. The van der Waals surface area contributed by atoms with Crippen molar-refractivity contribution in [3.05, 3.63) is 151 Å². The van der Waals surface area contributed by atoms with Crippen LogP contribution in [0.5, 0.6) is 23.0 Å². The van der Waals surface area contributed by atoms with Gasteiger partial charge in [0.2, 0.25) is 0 Å². The van der Waals surface area contributed by atoms with Crippen LogP contribution in [0, 0.1) is 0 Å². The Bertz CT molecular complexity index is 2600. The summed E-state index contributed by atoms with van der Waals surface area (Å²) >= 11 is 0. The van der Waals surface area contributed by atoms with E-state index in [0.29, 0.717) is 26.4 Å². The van der Waals surface area contributed by atoms with Crippen LogP contribution in [0.4, 0.5) is 0 Å². The van der Waals surface area contributed by atoms with E-state index in [1.165, 1.54) is 49.7 Å². The molecule has 2 N–H and O–H groups in total. The Morgan fingerprint density at radius 1 is 0.484 bits per heavy atom. The number of nitrogens with one attached hydrogen (secondary N) is 2. The number of fused-ring (bicyclic) bond motifs is 4. The van der Waals surface area contributed by atoms with Crippen molar-refractivity contribution in [2.24, 2.45) is 0 Å². The fourth-order valence-corrected chi connectivity index (χ4v) is 9.32. The number of H-pyrrole nitrogens is 2. The van der Waals surface area contributed by atoms with Crippen LogP contribution in [0.15, 0.2) is 107 Å². The molecule has 64 heavy (non-hydrogen) atoms.